The smallest absolute Gasteiger partial charge is 0.252 e. The van der Waals surface area contributed by atoms with Gasteiger partial charge in [-0.25, -0.2) is 9.67 Å². The quantitative estimate of drug-likeness (QED) is 0.494. The second-order valence-electron chi connectivity index (χ2n) is 7.79. The van der Waals surface area contributed by atoms with E-state index in [1.807, 2.05) is 24.6 Å². The number of aromatic nitrogens is 4. The summed E-state index contributed by atoms with van der Waals surface area (Å²) in [6.07, 6.45) is 1.72. The van der Waals surface area contributed by atoms with Crippen molar-refractivity contribution in [3.63, 3.8) is 0 Å². The summed E-state index contributed by atoms with van der Waals surface area (Å²) in [6, 6.07) is 4.12. The van der Waals surface area contributed by atoms with Crippen molar-refractivity contribution >= 4 is 28.3 Å². The molecule has 8 heteroatoms. The van der Waals surface area contributed by atoms with Crippen LogP contribution in [0.1, 0.15) is 57.0 Å². The molecule has 30 heavy (non-hydrogen) atoms. The van der Waals surface area contributed by atoms with E-state index in [1.165, 1.54) is 9.75 Å². The number of thiophene rings is 1. The topological polar surface area (TPSA) is 85.8 Å². The molecule has 0 aliphatic heterocycles. The highest BCUT2D eigenvalue weighted by Crippen LogP contribution is 2.32. The highest BCUT2D eigenvalue weighted by atomic mass is 32.1. The Balaban J connectivity index is 1.79. The summed E-state index contributed by atoms with van der Waals surface area (Å²) in [7, 11) is 0. The van der Waals surface area contributed by atoms with E-state index in [9.17, 15) is 4.79 Å². The summed E-state index contributed by atoms with van der Waals surface area (Å²) in [5, 5.41) is 12.2. The maximum absolute atomic E-state index is 13.2. The van der Waals surface area contributed by atoms with Crippen molar-refractivity contribution in [1.29, 1.82) is 0 Å². The summed E-state index contributed by atoms with van der Waals surface area (Å²) in [6.45, 7) is 12.3. The molecule has 4 rings (SSSR count). The lowest BCUT2D eigenvalue weighted by Crippen LogP contribution is -2.23. The number of nitrogens with one attached hydrogen (secondary N) is 1. The molecule has 1 amide bonds. The van der Waals surface area contributed by atoms with Gasteiger partial charge < -0.3 is 9.84 Å². The molecule has 0 unspecified atom stereocenters. The SMILES string of the molecule is Cc1cc(-c2cc(C(=O)NCc3c(C)noc3C)c3cnn(C(C)C)c3n2)c(C)s1. The maximum Gasteiger partial charge on any atom is 0.252 e. The van der Waals surface area contributed by atoms with Gasteiger partial charge in [0.05, 0.1) is 28.5 Å². The van der Waals surface area contributed by atoms with E-state index in [4.69, 9.17) is 9.51 Å². The van der Waals surface area contributed by atoms with Crippen molar-refractivity contribution in [3.8, 4) is 11.3 Å². The monoisotopic (exact) mass is 423 g/mol. The van der Waals surface area contributed by atoms with Gasteiger partial charge in [0.1, 0.15) is 5.76 Å². The molecule has 0 fully saturated rings. The molecule has 4 aromatic heterocycles. The van der Waals surface area contributed by atoms with Crippen LogP contribution in [0.5, 0.6) is 0 Å². The van der Waals surface area contributed by atoms with E-state index in [1.54, 1.807) is 17.5 Å². The Kier molecular flexibility index (Phi) is 5.19. The fourth-order valence-corrected chi connectivity index (χ4v) is 4.56. The third kappa shape index (κ3) is 3.52. The fourth-order valence-electron chi connectivity index (χ4n) is 3.63. The lowest BCUT2D eigenvalue weighted by Gasteiger charge is -2.11. The zero-order valence-electron chi connectivity index (χ0n) is 18.0. The number of carbonyl (C=O) groups excluding carboxylic acids is 1. The summed E-state index contributed by atoms with van der Waals surface area (Å²) in [5.41, 5.74) is 4.80. The number of amides is 1. The first-order valence-electron chi connectivity index (χ1n) is 9.92. The third-order valence-corrected chi connectivity index (χ3v) is 6.19. The first kappa shape index (κ1) is 20.3. The predicted octanol–water partition coefficient (Wildman–Crippen LogP) is 4.89. The van der Waals surface area contributed by atoms with E-state index >= 15 is 0 Å². The van der Waals surface area contributed by atoms with Crippen LogP contribution < -0.4 is 5.32 Å². The molecule has 156 valence electrons. The van der Waals surface area contributed by atoms with Crippen LogP contribution in [0, 0.1) is 27.7 Å². The Hall–Kier alpha value is -3.00. The first-order chi connectivity index (χ1) is 14.3. The molecule has 0 radical (unpaired) electrons. The molecule has 0 saturated heterocycles. The van der Waals surface area contributed by atoms with Crippen molar-refractivity contribution in [2.75, 3.05) is 0 Å². The maximum atomic E-state index is 13.2. The zero-order chi connectivity index (χ0) is 21.6. The van der Waals surface area contributed by atoms with Gasteiger partial charge in [-0.2, -0.15) is 5.10 Å². The molecule has 0 atom stereocenters. The Morgan fingerprint density at radius 1 is 1.23 bits per heavy atom. The Morgan fingerprint density at radius 2 is 2.00 bits per heavy atom. The molecule has 4 aromatic rings. The van der Waals surface area contributed by atoms with Crippen LogP contribution in [0.2, 0.25) is 0 Å². The molecular weight excluding hydrogens is 398 g/mol. The van der Waals surface area contributed by atoms with E-state index in [0.29, 0.717) is 23.5 Å². The minimum atomic E-state index is -0.170. The van der Waals surface area contributed by atoms with Gasteiger partial charge in [0.25, 0.3) is 5.91 Å². The molecule has 0 aliphatic rings. The van der Waals surface area contributed by atoms with E-state index in [0.717, 1.165) is 27.9 Å². The average Bonchev–Trinajstić information content (AvgIpc) is 3.36. The normalized spacial score (nSPS) is 11.6. The van der Waals surface area contributed by atoms with Crippen molar-refractivity contribution < 1.29 is 9.32 Å². The number of hydrogen-bond acceptors (Lipinski definition) is 6. The molecule has 7 nitrogen and oxygen atoms in total. The number of fused-ring (bicyclic) bond motifs is 1. The van der Waals surface area contributed by atoms with Crippen LogP contribution in [0.4, 0.5) is 0 Å². The van der Waals surface area contributed by atoms with Gasteiger partial charge in [-0.15, -0.1) is 11.3 Å². The molecule has 0 aromatic carbocycles. The second kappa shape index (κ2) is 7.68. The molecule has 0 bridgehead atoms. The van der Waals surface area contributed by atoms with Crippen LogP contribution >= 0.6 is 11.3 Å². The molecule has 4 heterocycles. The van der Waals surface area contributed by atoms with Gasteiger partial charge in [-0.1, -0.05) is 5.16 Å². The predicted molar refractivity (Wildman–Crippen MR) is 118 cm³/mol. The Bertz CT molecular complexity index is 1230. The number of carbonyl (C=O) groups is 1. The van der Waals surface area contributed by atoms with Crippen LogP contribution in [0.25, 0.3) is 22.3 Å². The fraction of sp³-hybridized carbons (Fsp3) is 0.364. The van der Waals surface area contributed by atoms with E-state index < -0.39 is 0 Å². The summed E-state index contributed by atoms with van der Waals surface area (Å²) in [5.74, 6) is 0.543. The molecular formula is C22H25N5O2S. The van der Waals surface area contributed by atoms with Crippen molar-refractivity contribution in [1.82, 2.24) is 25.2 Å². The molecule has 0 saturated carbocycles. The van der Waals surface area contributed by atoms with Gasteiger partial charge in [0, 0.05) is 33.5 Å². The standard InChI is InChI=1S/C22H25N5O2S/c1-11(2)27-21-19(10-24-27)17(8-20(25-21)16-7-12(3)30-15(16)6)22(28)23-9-18-13(4)26-29-14(18)5/h7-8,10-11H,9H2,1-6H3,(H,23,28). The number of rotatable bonds is 5. The van der Waals surface area contributed by atoms with E-state index in [2.05, 4.69) is 49.3 Å². The number of aryl methyl sites for hydroxylation is 4. The number of nitrogens with zero attached hydrogens (tertiary/aromatic N) is 4. The Morgan fingerprint density at radius 3 is 2.60 bits per heavy atom. The van der Waals surface area contributed by atoms with Gasteiger partial charge in [0.2, 0.25) is 0 Å². The largest absolute Gasteiger partial charge is 0.361 e. The molecule has 0 aliphatic carbocycles. The summed E-state index contributed by atoms with van der Waals surface area (Å²) >= 11 is 1.73. The second-order valence-corrected chi connectivity index (χ2v) is 9.25. The van der Waals surface area contributed by atoms with E-state index in [-0.39, 0.29) is 11.9 Å². The number of hydrogen-bond donors (Lipinski definition) is 1. The highest BCUT2D eigenvalue weighted by Gasteiger charge is 2.20. The summed E-state index contributed by atoms with van der Waals surface area (Å²) in [4.78, 5) is 20.5. The minimum Gasteiger partial charge on any atom is -0.361 e. The zero-order valence-corrected chi connectivity index (χ0v) is 18.8. The van der Waals surface area contributed by atoms with Gasteiger partial charge in [-0.05, 0) is 53.7 Å². The van der Waals surface area contributed by atoms with Crippen molar-refractivity contribution in [3.05, 3.63) is 50.7 Å². The van der Waals surface area contributed by atoms with Gasteiger partial charge >= 0.3 is 0 Å². The minimum absolute atomic E-state index is 0.133. The third-order valence-electron chi connectivity index (χ3n) is 5.22. The number of pyridine rings is 1. The molecule has 1 N–H and O–H groups in total. The van der Waals surface area contributed by atoms with Crippen LogP contribution in [-0.4, -0.2) is 25.8 Å². The van der Waals surface area contributed by atoms with Crippen LogP contribution in [-0.2, 0) is 6.54 Å². The first-order valence-corrected chi connectivity index (χ1v) is 10.7. The highest BCUT2D eigenvalue weighted by molar-refractivity contribution is 7.12. The van der Waals surface area contributed by atoms with Crippen molar-refractivity contribution in [2.24, 2.45) is 0 Å². The summed E-state index contributed by atoms with van der Waals surface area (Å²) < 4.78 is 7.06. The van der Waals surface area contributed by atoms with Crippen molar-refractivity contribution in [2.45, 2.75) is 54.1 Å². The molecule has 0 spiro atoms. The van der Waals surface area contributed by atoms with Crippen LogP contribution in [0.15, 0.2) is 22.9 Å². The lowest BCUT2D eigenvalue weighted by atomic mass is 10.1. The van der Waals surface area contributed by atoms with Gasteiger partial charge in [0.15, 0.2) is 5.65 Å². The van der Waals surface area contributed by atoms with Crippen LogP contribution in [0.3, 0.4) is 0 Å². The van der Waals surface area contributed by atoms with Gasteiger partial charge in [-0.3, -0.25) is 4.79 Å². The average molecular weight is 424 g/mol. The lowest BCUT2D eigenvalue weighted by molar-refractivity contribution is 0.0952. The Labute approximate surface area is 179 Å².